The Morgan fingerprint density at radius 1 is 1.11 bits per heavy atom. The lowest BCUT2D eigenvalue weighted by Gasteiger charge is -2.41. The van der Waals surface area contributed by atoms with Crippen LogP contribution in [0.3, 0.4) is 0 Å². The van der Waals surface area contributed by atoms with Gasteiger partial charge in [-0.25, -0.2) is 9.78 Å². The molecule has 7 rings (SSSR count). The minimum atomic E-state index is -1.21. The first-order valence-electron chi connectivity index (χ1n) is 15.4. The Kier molecular flexibility index (Phi) is 8.02. The zero-order valence-corrected chi connectivity index (χ0v) is 26.2. The highest BCUT2D eigenvalue weighted by molar-refractivity contribution is 5.79. The van der Waals surface area contributed by atoms with E-state index < -0.39 is 17.7 Å². The van der Waals surface area contributed by atoms with Crippen LogP contribution >= 0.6 is 0 Å². The fraction of sp³-hybridized carbons (Fsp3) is 0.429. The van der Waals surface area contributed by atoms with E-state index >= 15 is 0 Å². The molecule has 1 fully saturated rings. The molecule has 0 aliphatic carbocycles. The molecule has 3 aliphatic rings. The van der Waals surface area contributed by atoms with E-state index in [1.165, 1.54) is 5.56 Å². The maximum absolute atomic E-state index is 12.7. The van der Waals surface area contributed by atoms with Crippen molar-refractivity contribution < 1.29 is 19.4 Å². The van der Waals surface area contributed by atoms with Crippen molar-refractivity contribution in [3.63, 3.8) is 0 Å². The lowest BCUT2D eigenvalue weighted by atomic mass is 9.92. The molecule has 0 saturated carbocycles. The van der Waals surface area contributed by atoms with Crippen molar-refractivity contribution in [2.75, 3.05) is 24.6 Å². The molecule has 1 aromatic carbocycles. The molecule has 1 N–H and O–H groups in total. The largest absolute Gasteiger partial charge is 0.479 e. The van der Waals surface area contributed by atoms with Crippen molar-refractivity contribution >= 4 is 17.4 Å². The summed E-state index contributed by atoms with van der Waals surface area (Å²) in [5.41, 5.74) is 5.94. The van der Waals surface area contributed by atoms with E-state index in [2.05, 4.69) is 47.2 Å². The minimum absolute atomic E-state index is 0.286. The molecule has 9 heteroatoms. The number of aliphatic carboxylic acids is 1. The minimum Gasteiger partial charge on any atom is -0.479 e. The molecule has 9 nitrogen and oxygen atoms in total. The van der Waals surface area contributed by atoms with Gasteiger partial charge in [0.2, 0.25) is 0 Å². The number of rotatable bonds is 3. The number of carbonyl (C=O) groups is 1. The van der Waals surface area contributed by atoms with E-state index in [9.17, 15) is 9.90 Å². The summed E-state index contributed by atoms with van der Waals surface area (Å²) in [7, 11) is 0. The third kappa shape index (κ3) is 6.12. The fourth-order valence-corrected chi connectivity index (χ4v) is 6.21. The standard InChI is InChI=1S/C35H41N5O4/c1-23-30(31(33(41)42)44-34(2,3)4)32-39-17-14-35(5,15-18-39)43-19-8-6-7-10-24-13-16-36-22-27(24)25-11-9-12-26(20-25)28-21-29(37-23)40(32)38-28/h6,8-9,11-13,16,20-22,31H,7,10,14-15,17-19H2,1-5H3,(H,41,42)/b8-6-/t31-/m0/s1. The zero-order chi connectivity index (χ0) is 31.1. The predicted molar refractivity (Wildman–Crippen MR) is 171 cm³/mol. The van der Waals surface area contributed by atoms with E-state index in [-0.39, 0.29) is 5.60 Å². The van der Waals surface area contributed by atoms with Gasteiger partial charge in [0, 0.05) is 48.4 Å². The van der Waals surface area contributed by atoms with Crippen molar-refractivity contribution in [3.05, 3.63) is 77.8 Å². The molecule has 44 heavy (non-hydrogen) atoms. The smallest absolute Gasteiger partial charge is 0.337 e. The molecule has 0 amide bonds. The molecule has 0 spiro atoms. The normalized spacial score (nSPS) is 18.3. The Balaban J connectivity index is 1.55. The third-order valence-corrected chi connectivity index (χ3v) is 8.54. The highest BCUT2D eigenvalue weighted by Crippen LogP contribution is 2.38. The highest BCUT2D eigenvalue weighted by atomic mass is 16.5. The topological polar surface area (TPSA) is 102 Å². The van der Waals surface area contributed by atoms with Crippen LogP contribution in [0.25, 0.3) is 28.0 Å². The van der Waals surface area contributed by atoms with Crippen LogP contribution in [0, 0.1) is 6.92 Å². The number of fused-ring (bicyclic) bond motifs is 6. The quantitative estimate of drug-likeness (QED) is 0.265. The Hall–Kier alpha value is -4.08. The van der Waals surface area contributed by atoms with Gasteiger partial charge in [-0.15, -0.1) is 0 Å². The molecule has 1 saturated heterocycles. The van der Waals surface area contributed by atoms with E-state index in [4.69, 9.17) is 19.6 Å². The number of aryl methyl sites for hydroxylation is 2. The lowest BCUT2D eigenvalue weighted by molar-refractivity contribution is -0.160. The van der Waals surface area contributed by atoms with Crippen LogP contribution in [0.1, 0.15) is 69.9 Å². The number of hydrogen-bond donors (Lipinski definition) is 1. The van der Waals surface area contributed by atoms with Gasteiger partial charge in [-0.3, -0.25) is 4.98 Å². The maximum atomic E-state index is 12.7. The van der Waals surface area contributed by atoms with Crippen molar-refractivity contribution in [1.29, 1.82) is 0 Å². The zero-order valence-electron chi connectivity index (χ0n) is 26.2. The maximum Gasteiger partial charge on any atom is 0.337 e. The number of ether oxygens (including phenoxy) is 2. The summed E-state index contributed by atoms with van der Waals surface area (Å²) in [6.07, 6.45) is 10.3. The van der Waals surface area contributed by atoms with Crippen molar-refractivity contribution in [1.82, 2.24) is 19.6 Å². The van der Waals surface area contributed by atoms with E-state index in [1.807, 2.05) is 62.8 Å². The second-order valence-electron chi connectivity index (χ2n) is 13.1. The van der Waals surface area contributed by atoms with Gasteiger partial charge in [0.05, 0.1) is 29.1 Å². The molecule has 0 unspecified atom stereocenters. The van der Waals surface area contributed by atoms with Gasteiger partial charge < -0.3 is 19.5 Å². The number of carboxylic acid groups (broad SMARTS) is 1. The van der Waals surface area contributed by atoms with E-state index in [1.54, 1.807) is 0 Å². The molecular weight excluding hydrogens is 554 g/mol. The van der Waals surface area contributed by atoms with Gasteiger partial charge in [-0.1, -0.05) is 30.4 Å². The number of anilines is 1. The highest BCUT2D eigenvalue weighted by Gasteiger charge is 2.37. The molecule has 230 valence electrons. The summed E-state index contributed by atoms with van der Waals surface area (Å²) < 4.78 is 14.4. The first-order chi connectivity index (χ1) is 21.0. The number of hydrogen-bond acceptors (Lipinski definition) is 7. The Morgan fingerprint density at radius 3 is 2.64 bits per heavy atom. The number of carboxylic acids is 1. The Labute approximate surface area is 258 Å². The Morgan fingerprint density at radius 2 is 1.89 bits per heavy atom. The van der Waals surface area contributed by atoms with Crippen LogP contribution in [-0.2, 0) is 20.7 Å². The van der Waals surface area contributed by atoms with E-state index in [0.717, 1.165) is 48.1 Å². The summed E-state index contributed by atoms with van der Waals surface area (Å²) >= 11 is 0. The number of allylic oxidation sites excluding steroid dienone is 1. The molecular formula is C35H41N5O4. The summed E-state index contributed by atoms with van der Waals surface area (Å²) in [5, 5.41) is 15.5. The lowest BCUT2D eigenvalue weighted by Crippen LogP contribution is -2.45. The second-order valence-corrected chi connectivity index (χ2v) is 13.1. The average molecular weight is 596 g/mol. The van der Waals surface area contributed by atoms with Crippen LogP contribution in [0.2, 0.25) is 0 Å². The predicted octanol–water partition coefficient (Wildman–Crippen LogP) is 6.59. The fourth-order valence-electron chi connectivity index (χ4n) is 6.21. The van der Waals surface area contributed by atoms with Gasteiger partial charge in [0.15, 0.2) is 11.8 Å². The van der Waals surface area contributed by atoms with Crippen LogP contribution in [-0.4, -0.2) is 61.6 Å². The molecule has 0 radical (unpaired) electrons. The number of benzene rings is 1. The first-order valence-corrected chi connectivity index (χ1v) is 15.4. The van der Waals surface area contributed by atoms with Crippen LogP contribution < -0.4 is 4.90 Å². The van der Waals surface area contributed by atoms with Crippen molar-refractivity contribution in [3.8, 4) is 22.4 Å². The Bertz CT molecular complexity index is 1710. The summed E-state index contributed by atoms with van der Waals surface area (Å²) in [5.74, 6) is -0.346. The second kappa shape index (κ2) is 11.8. The first kappa shape index (κ1) is 30.0. The number of pyridine rings is 1. The summed E-state index contributed by atoms with van der Waals surface area (Å²) in [4.78, 5) is 24.3. The monoisotopic (exact) mass is 595 g/mol. The van der Waals surface area contributed by atoms with Gasteiger partial charge in [-0.05, 0) is 83.6 Å². The van der Waals surface area contributed by atoms with Crippen LogP contribution in [0.4, 0.5) is 5.82 Å². The molecule has 6 bridgehead atoms. The molecule has 6 heterocycles. The van der Waals surface area contributed by atoms with Gasteiger partial charge in [-0.2, -0.15) is 9.61 Å². The van der Waals surface area contributed by atoms with E-state index in [0.29, 0.717) is 42.4 Å². The average Bonchev–Trinajstić information content (AvgIpc) is 3.41. The summed E-state index contributed by atoms with van der Waals surface area (Å²) in [6.45, 7) is 11.5. The third-order valence-electron chi connectivity index (χ3n) is 8.54. The molecule has 3 aliphatic heterocycles. The molecule has 4 aromatic rings. The van der Waals surface area contributed by atoms with Gasteiger partial charge >= 0.3 is 5.97 Å². The summed E-state index contributed by atoms with van der Waals surface area (Å²) in [6, 6.07) is 12.4. The van der Waals surface area contributed by atoms with Crippen molar-refractivity contribution in [2.24, 2.45) is 0 Å². The SMILES string of the molecule is Cc1nc2cc3nn2c(c1[C@H](OC(C)(C)C)C(=O)O)N1CCC(C)(CC1)OC/C=C\CCc1ccncc1-c1cccc-3c1. The number of piperidine rings is 1. The van der Waals surface area contributed by atoms with Crippen molar-refractivity contribution in [2.45, 2.75) is 77.6 Å². The van der Waals surface area contributed by atoms with Crippen LogP contribution in [0.15, 0.2) is 60.9 Å². The van der Waals surface area contributed by atoms with Gasteiger partial charge in [0.1, 0.15) is 5.82 Å². The molecule has 3 aromatic heterocycles. The van der Waals surface area contributed by atoms with Gasteiger partial charge in [0.25, 0.3) is 0 Å². The number of aromatic nitrogens is 4. The molecule has 1 atom stereocenters. The number of nitrogens with zero attached hydrogens (tertiary/aromatic N) is 5. The van der Waals surface area contributed by atoms with Crippen LogP contribution in [0.5, 0.6) is 0 Å².